The lowest BCUT2D eigenvalue weighted by Gasteiger charge is -2.08. The van der Waals surface area contributed by atoms with Crippen LogP contribution in [0.4, 0.5) is 0 Å². The molecule has 4 N–H and O–H groups in total. The molecule has 0 aliphatic carbocycles. The third-order valence-corrected chi connectivity index (χ3v) is 3.03. The van der Waals surface area contributed by atoms with Crippen LogP contribution in [-0.2, 0) is 0 Å². The first-order chi connectivity index (χ1) is 11.6. The first-order valence-corrected chi connectivity index (χ1v) is 7.18. The van der Waals surface area contributed by atoms with Crippen molar-refractivity contribution < 1.29 is 39.6 Å². The molecule has 132 valence electrons. The molecule has 25 heavy (non-hydrogen) atoms. The van der Waals surface area contributed by atoms with Crippen LogP contribution in [0.25, 0.3) is 10.8 Å². The van der Waals surface area contributed by atoms with Crippen molar-refractivity contribution in [2.45, 2.75) is 20.3 Å². The molecule has 0 atom stereocenters. The maximum Gasteiger partial charge on any atom is 0.336 e. The van der Waals surface area contributed by atoms with Gasteiger partial charge < -0.3 is 20.4 Å². The summed E-state index contributed by atoms with van der Waals surface area (Å²) in [5.41, 5.74) is -2.06. The second-order valence-corrected chi connectivity index (χ2v) is 5.07. The van der Waals surface area contributed by atoms with Crippen LogP contribution in [0, 0.1) is 0 Å². The van der Waals surface area contributed by atoms with Crippen LogP contribution in [0.5, 0.6) is 0 Å². The number of benzene rings is 2. The number of aromatic carboxylic acids is 4. The molecule has 0 radical (unpaired) electrons. The second kappa shape index (κ2) is 7.91. The van der Waals surface area contributed by atoms with Gasteiger partial charge in [0.2, 0.25) is 0 Å². The van der Waals surface area contributed by atoms with E-state index in [1.54, 1.807) is 0 Å². The topological polar surface area (TPSA) is 149 Å². The van der Waals surface area contributed by atoms with E-state index in [-0.39, 0.29) is 10.8 Å². The van der Waals surface area contributed by atoms with E-state index in [1.807, 2.05) is 0 Å². The molecule has 0 fully saturated rings. The van der Waals surface area contributed by atoms with Crippen LogP contribution in [0.3, 0.4) is 0 Å². The smallest absolute Gasteiger partial charge is 0.336 e. The van der Waals surface area contributed by atoms with Gasteiger partial charge >= 0.3 is 23.9 Å². The van der Waals surface area contributed by atoms with Gasteiger partial charge in [-0.1, -0.05) is 20.3 Å². The first kappa shape index (κ1) is 19.6. The molecule has 0 aliphatic rings. The summed E-state index contributed by atoms with van der Waals surface area (Å²) in [5.74, 6) is -5.95. The molecule has 2 aromatic carbocycles. The molecule has 0 saturated carbocycles. The number of hydrogen-bond donors (Lipinski definition) is 4. The molecule has 0 amide bonds. The number of hydrogen-bond acceptors (Lipinski definition) is 4. The van der Waals surface area contributed by atoms with Gasteiger partial charge in [0.25, 0.3) is 0 Å². The zero-order chi connectivity index (χ0) is 19.3. The second-order valence-electron chi connectivity index (χ2n) is 5.07. The maximum atomic E-state index is 11.1. The number of fused-ring (bicyclic) bond motifs is 1. The lowest BCUT2D eigenvalue weighted by atomic mass is 9.96. The van der Waals surface area contributed by atoms with Crippen molar-refractivity contribution in [3.8, 4) is 0 Å². The van der Waals surface area contributed by atoms with Crippen LogP contribution in [-0.4, -0.2) is 44.3 Å². The van der Waals surface area contributed by atoms with Crippen LogP contribution < -0.4 is 0 Å². The zero-order valence-electron chi connectivity index (χ0n) is 13.4. The predicted octanol–water partition coefficient (Wildman–Crippen LogP) is 3.05. The minimum Gasteiger partial charge on any atom is -0.478 e. The summed E-state index contributed by atoms with van der Waals surface area (Å²) in [6, 6.07) is 4.00. The number of carboxylic acid groups (broad SMARTS) is 4. The fourth-order valence-corrected chi connectivity index (χ4v) is 2.06. The van der Waals surface area contributed by atoms with Gasteiger partial charge in [0.15, 0.2) is 0 Å². The Morgan fingerprint density at radius 1 is 0.600 bits per heavy atom. The molecule has 8 nitrogen and oxygen atoms in total. The Bertz CT molecular complexity index is 729. The summed E-state index contributed by atoms with van der Waals surface area (Å²) in [7, 11) is 0. The third kappa shape index (κ3) is 4.31. The summed E-state index contributed by atoms with van der Waals surface area (Å²) in [4.78, 5) is 44.4. The van der Waals surface area contributed by atoms with Crippen LogP contribution >= 0.6 is 0 Å². The molecule has 0 aromatic heterocycles. The minimum absolute atomic E-state index is 0.116. The highest BCUT2D eigenvalue weighted by Crippen LogP contribution is 2.25. The average Bonchev–Trinajstić information content (AvgIpc) is 2.52. The molecule has 2 aromatic rings. The molecule has 0 saturated heterocycles. The summed E-state index contributed by atoms with van der Waals surface area (Å²) < 4.78 is 0. The Labute approximate surface area is 141 Å². The molecule has 0 heterocycles. The van der Waals surface area contributed by atoms with E-state index in [0.29, 0.717) is 0 Å². The van der Waals surface area contributed by atoms with Gasteiger partial charge in [-0.3, -0.25) is 0 Å². The normalized spacial score (nSPS) is 9.84. The summed E-state index contributed by atoms with van der Waals surface area (Å²) in [6.07, 6.45) is 1.25. The van der Waals surface area contributed by atoms with Crippen molar-refractivity contribution in [2.75, 3.05) is 0 Å². The fraction of sp³-hybridized carbons (Fsp3) is 0.176. The monoisotopic (exact) mass is 348 g/mol. The summed E-state index contributed by atoms with van der Waals surface area (Å²) in [6.45, 7) is 4.25. The van der Waals surface area contributed by atoms with E-state index in [0.717, 1.165) is 24.3 Å². The van der Waals surface area contributed by atoms with Crippen LogP contribution in [0.15, 0.2) is 24.3 Å². The molecule has 0 unspecified atom stereocenters. The highest BCUT2D eigenvalue weighted by atomic mass is 16.4. The SMILES string of the molecule is CCC.O=C(O)c1cc2cc(C(=O)O)c(C(=O)O)cc2cc1C(=O)O. The van der Waals surface area contributed by atoms with Crippen molar-refractivity contribution in [3.05, 3.63) is 46.5 Å². The van der Waals surface area contributed by atoms with Crippen molar-refractivity contribution in [3.63, 3.8) is 0 Å². The average molecular weight is 348 g/mol. The Hall–Kier alpha value is -3.42. The van der Waals surface area contributed by atoms with Crippen molar-refractivity contribution >= 4 is 34.6 Å². The molecule has 2 rings (SSSR count). The largest absolute Gasteiger partial charge is 0.478 e. The van der Waals surface area contributed by atoms with E-state index in [9.17, 15) is 19.2 Å². The van der Waals surface area contributed by atoms with Crippen molar-refractivity contribution in [1.29, 1.82) is 0 Å². The van der Waals surface area contributed by atoms with Gasteiger partial charge in [0.1, 0.15) is 0 Å². The number of carbonyl (C=O) groups is 4. The maximum absolute atomic E-state index is 11.1. The van der Waals surface area contributed by atoms with Gasteiger partial charge in [-0.05, 0) is 35.0 Å². The number of rotatable bonds is 4. The van der Waals surface area contributed by atoms with Crippen molar-refractivity contribution in [1.82, 2.24) is 0 Å². The highest BCUT2D eigenvalue weighted by Gasteiger charge is 2.21. The summed E-state index contributed by atoms with van der Waals surface area (Å²) >= 11 is 0. The minimum atomic E-state index is -1.49. The van der Waals surface area contributed by atoms with Gasteiger partial charge in [-0.2, -0.15) is 0 Å². The molecule has 0 spiro atoms. The molecule has 8 heteroatoms. The third-order valence-electron chi connectivity index (χ3n) is 3.03. The zero-order valence-corrected chi connectivity index (χ0v) is 13.4. The van der Waals surface area contributed by atoms with Crippen LogP contribution in [0.1, 0.15) is 61.7 Å². The quantitative estimate of drug-likeness (QED) is 0.658. The first-order valence-electron chi connectivity index (χ1n) is 7.18. The predicted molar refractivity (Wildman–Crippen MR) is 87.8 cm³/mol. The van der Waals surface area contributed by atoms with E-state index >= 15 is 0 Å². The molecule has 0 bridgehead atoms. The van der Waals surface area contributed by atoms with Crippen molar-refractivity contribution in [2.24, 2.45) is 0 Å². The van der Waals surface area contributed by atoms with E-state index in [4.69, 9.17) is 20.4 Å². The van der Waals surface area contributed by atoms with Gasteiger partial charge in [0, 0.05) is 0 Å². The lowest BCUT2D eigenvalue weighted by molar-refractivity contribution is 0.0651. The van der Waals surface area contributed by atoms with E-state index in [2.05, 4.69) is 13.8 Å². The van der Waals surface area contributed by atoms with Gasteiger partial charge in [-0.15, -0.1) is 0 Å². The molecule has 0 aliphatic heterocycles. The Balaban J connectivity index is 0.000000970. The van der Waals surface area contributed by atoms with E-state index in [1.165, 1.54) is 6.42 Å². The van der Waals surface area contributed by atoms with E-state index < -0.39 is 46.1 Å². The standard InChI is InChI=1S/C14H8O8.C3H8/c15-11(16)7-1-5-2-9(13(19)20)10(14(21)22)4-6(5)3-8(7)12(17)18;1-3-2/h1-4H,(H,15,16)(H,17,18)(H,19,20)(H,21,22);3H2,1-2H3. The number of carboxylic acids is 4. The lowest BCUT2D eigenvalue weighted by Crippen LogP contribution is -2.10. The van der Waals surface area contributed by atoms with Gasteiger partial charge in [-0.25, -0.2) is 19.2 Å². The van der Waals surface area contributed by atoms with Crippen LogP contribution in [0.2, 0.25) is 0 Å². The molecular formula is C17H16O8. The van der Waals surface area contributed by atoms with Gasteiger partial charge in [0.05, 0.1) is 22.3 Å². The molecular weight excluding hydrogens is 332 g/mol. The Kier molecular flexibility index (Phi) is 6.21. The fourth-order valence-electron chi connectivity index (χ4n) is 2.06. The summed E-state index contributed by atoms with van der Waals surface area (Å²) in [5, 5.41) is 36.3. The highest BCUT2D eigenvalue weighted by molar-refractivity contribution is 6.10. The Morgan fingerprint density at radius 2 is 0.760 bits per heavy atom. The Morgan fingerprint density at radius 3 is 0.880 bits per heavy atom.